The Kier molecular flexibility index (Phi) is 6.20. The van der Waals surface area contributed by atoms with Crippen LogP contribution in [0.3, 0.4) is 0 Å². The molecular weight excluding hydrogens is 382 g/mol. The standard InChI is InChI=1S/C23H25N3O4/c1-14(2)13-26-19(12-25-23(29)30)21(16-6-4-3-5-7-16)18-10-15(11-20(24)27)8-9-17(18)22(26)28/h3-10,14,25H,11-13H2,1-2H3,(H2,24,27)(H,29,30). The lowest BCUT2D eigenvalue weighted by Crippen LogP contribution is -2.31. The number of nitrogens with zero attached hydrogens (tertiary/aromatic N) is 1. The quantitative estimate of drug-likeness (QED) is 0.558. The normalized spacial score (nSPS) is 11.0. The van der Waals surface area contributed by atoms with Crippen LogP contribution in [-0.2, 0) is 24.3 Å². The summed E-state index contributed by atoms with van der Waals surface area (Å²) >= 11 is 0. The Balaban J connectivity index is 2.41. The lowest BCUT2D eigenvalue weighted by atomic mass is 9.94. The highest BCUT2D eigenvalue weighted by Crippen LogP contribution is 2.32. The van der Waals surface area contributed by atoms with E-state index in [2.05, 4.69) is 5.32 Å². The van der Waals surface area contributed by atoms with Crippen molar-refractivity contribution in [3.8, 4) is 11.1 Å². The van der Waals surface area contributed by atoms with Gasteiger partial charge < -0.3 is 20.7 Å². The minimum atomic E-state index is -1.17. The fraction of sp³-hybridized carbons (Fsp3) is 0.261. The average molecular weight is 407 g/mol. The highest BCUT2D eigenvalue weighted by molar-refractivity contribution is 5.98. The van der Waals surface area contributed by atoms with Crippen molar-refractivity contribution in [3.63, 3.8) is 0 Å². The summed E-state index contributed by atoms with van der Waals surface area (Å²) in [6.07, 6.45) is -1.11. The second kappa shape index (κ2) is 8.82. The first-order valence-electron chi connectivity index (χ1n) is 9.76. The van der Waals surface area contributed by atoms with E-state index in [1.165, 1.54) is 0 Å². The predicted octanol–water partition coefficient (Wildman–Crippen LogP) is 3.12. The van der Waals surface area contributed by atoms with Crippen LogP contribution in [-0.4, -0.2) is 21.7 Å². The molecule has 1 aromatic heterocycles. The predicted molar refractivity (Wildman–Crippen MR) is 116 cm³/mol. The maximum atomic E-state index is 13.3. The minimum Gasteiger partial charge on any atom is -0.465 e. The topological polar surface area (TPSA) is 114 Å². The van der Waals surface area contributed by atoms with E-state index >= 15 is 0 Å². The average Bonchev–Trinajstić information content (AvgIpc) is 2.68. The molecule has 2 aromatic carbocycles. The number of carbonyl (C=O) groups excluding carboxylic acids is 1. The van der Waals surface area contributed by atoms with Gasteiger partial charge in [-0.3, -0.25) is 9.59 Å². The molecule has 0 aliphatic carbocycles. The molecule has 4 N–H and O–H groups in total. The van der Waals surface area contributed by atoms with Gasteiger partial charge in [-0.25, -0.2) is 4.79 Å². The van der Waals surface area contributed by atoms with Crippen LogP contribution in [0, 0.1) is 5.92 Å². The minimum absolute atomic E-state index is 0.0164. The molecule has 7 heteroatoms. The zero-order chi connectivity index (χ0) is 21.8. The maximum Gasteiger partial charge on any atom is 0.404 e. The van der Waals surface area contributed by atoms with Gasteiger partial charge in [-0.1, -0.05) is 50.2 Å². The largest absolute Gasteiger partial charge is 0.465 e. The fourth-order valence-corrected chi connectivity index (χ4v) is 3.68. The number of carboxylic acid groups (broad SMARTS) is 1. The van der Waals surface area contributed by atoms with E-state index < -0.39 is 12.0 Å². The third-order valence-electron chi connectivity index (χ3n) is 4.84. The van der Waals surface area contributed by atoms with Crippen molar-refractivity contribution in [2.45, 2.75) is 33.4 Å². The summed E-state index contributed by atoms with van der Waals surface area (Å²) < 4.78 is 1.65. The molecule has 7 nitrogen and oxygen atoms in total. The maximum absolute atomic E-state index is 13.3. The van der Waals surface area contributed by atoms with Crippen molar-refractivity contribution in [1.82, 2.24) is 9.88 Å². The number of amides is 2. The monoisotopic (exact) mass is 407 g/mol. The third kappa shape index (κ3) is 4.51. The number of nitrogens with two attached hydrogens (primary N) is 1. The summed E-state index contributed by atoms with van der Waals surface area (Å²) in [6, 6.07) is 14.8. The van der Waals surface area contributed by atoms with E-state index in [1.54, 1.807) is 22.8 Å². The lowest BCUT2D eigenvalue weighted by Gasteiger charge is -2.22. The third-order valence-corrected chi connectivity index (χ3v) is 4.84. The van der Waals surface area contributed by atoms with Crippen LogP contribution in [0.2, 0.25) is 0 Å². The van der Waals surface area contributed by atoms with Crippen molar-refractivity contribution >= 4 is 22.8 Å². The molecule has 0 saturated heterocycles. The van der Waals surface area contributed by atoms with E-state index in [1.807, 2.05) is 44.2 Å². The van der Waals surface area contributed by atoms with E-state index in [0.717, 1.165) is 11.1 Å². The van der Waals surface area contributed by atoms with Crippen molar-refractivity contribution < 1.29 is 14.7 Å². The molecule has 30 heavy (non-hydrogen) atoms. The van der Waals surface area contributed by atoms with E-state index in [9.17, 15) is 19.5 Å². The molecule has 0 fully saturated rings. The van der Waals surface area contributed by atoms with Gasteiger partial charge in [-0.15, -0.1) is 0 Å². The number of pyridine rings is 1. The van der Waals surface area contributed by atoms with Gasteiger partial charge in [0.25, 0.3) is 5.56 Å². The number of aromatic nitrogens is 1. The van der Waals surface area contributed by atoms with Crippen molar-refractivity contribution in [1.29, 1.82) is 0 Å². The van der Waals surface area contributed by atoms with Crippen molar-refractivity contribution in [2.24, 2.45) is 11.7 Å². The number of rotatable bonds is 7. The van der Waals surface area contributed by atoms with Gasteiger partial charge in [-0.2, -0.15) is 0 Å². The molecule has 1 heterocycles. The van der Waals surface area contributed by atoms with E-state index in [-0.39, 0.29) is 24.4 Å². The van der Waals surface area contributed by atoms with Crippen LogP contribution in [0.5, 0.6) is 0 Å². The second-order valence-electron chi connectivity index (χ2n) is 7.68. The molecule has 0 spiro atoms. The Morgan fingerprint density at radius 3 is 2.40 bits per heavy atom. The van der Waals surface area contributed by atoms with Gasteiger partial charge >= 0.3 is 6.09 Å². The first-order chi connectivity index (χ1) is 14.3. The van der Waals surface area contributed by atoms with Crippen LogP contribution < -0.4 is 16.6 Å². The highest BCUT2D eigenvalue weighted by atomic mass is 16.4. The molecular formula is C23H25N3O4. The van der Waals surface area contributed by atoms with Crippen LogP contribution in [0.25, 0.3) is 21.9 Å². The smallest absolute Gasteiger partial charge is 0.404 e. The lowest BCUT2D eigenvalue weighted by molar-refractivity contribution is -0.117. The summed E-state index contributed by atoms with van der Waals surface area (Å²) in [6.45, 7) is 4.44. The van der Waals surface area contributed by atoms with Gasteiger partial charge in [0, 0.05) is 23.2 Å². The first kappa shape index (κ1) is 21.1. The van der Waals surface area contributed by atoms with E-state index in [4.69, 9.17) is 5.73 Å². The summed E-state index contributed by atoms with van der Waals surface area (Å²) in [7, 11) is 0. The molecule has 156 valence electrons. The molecule has 0 unspecified atom stereocenters. The Labute approximate surface area is 174 Å². The molecule has 2 amide bonds. The summed E-state index contributed by atoms with van der Waals surface area (Å²) in [5.74, 6) is -0.280. The number of fused-ring (bicyclic) bond motifs is 1. The van der Waals surface area contributed by atoms with E-state index in [0.29, 0.717) is 28.6 Å². The Hall–Kier alpha value is -3.61. The Morgan fingerprint density at radius 1 is 1.10 bits per heavy atom. The van der Waals surface area contributed by atoms with Crippen molar-refractivity contribution in [3.05, 3.63) is 70.1 Å². The molecule has 0 saturated carbocycles. The number of hydrogen-bond acceptors (Lipinski definition) is 3. The van der Waals surface area contributed by atoms with Crippen LogP contribution >= 0.6 is 0 Å². The molecule has 3 aromatic rings. The fourth-order valence-electron chi connectivity index (χ4n) is 3.68. The second-order valence-corrected chi connectivity index (χ2v) is 7.68. The SMILES string of the molecule is CC(C)Cn1c(CNC(=O)O)c(-c2ccccc2)c2cc(CC(N)=O)ccc2c1=O. The number of benzene rings is 2. The molecule has 0 radical (unpaired) electrons. The van der Waals surface area contributed by atoms with Crippen LogP contribution in [0.15, 0.2) is 53.3 Å². The number of carbonyl (C=O) groups is 2. The van der Waals surface area contributed by atoms with Crippen LogP contribution in [0.1, 0.15) is 25.1 Å². The molecule has 3 rings (SSSR count). The molecule has 0 atom stereocenters. The zero-order valence-corrected chi connectivity index (χ0v) is 17.0. The van der Waals surface area contributed by atoms with Gasteiger partial charge in [0.2, 0.25) is 5.91 Å². The molecule has 0 aliphatic heterocycles. The number of hydrogen-bond donors (Lipinski definition) is 3. The zero-order valence-electron chi connectivity index (χ0n) is 17.0. The van der Waals surface area contributed by atoms with Gasteiger partial charge in [0.1, 0.15) is 0 Å². The van der Waals surface area contributed by atoms with Crippen molar-refractivity contribution in [2.75, 3.05) is 0 Å². The molecule has 0 bridgehead atoms. The first-order valence-corrected chi connectivity index (χ1v) is 9.76. The van der Waals surface area contributed by atoms with Crippen LogP contribution in [0.4, 0.5) is 4.79 Å². The highest BCUT2D eigenvalue weighted by Gasteiger charge is 2.20. The van der Waals surface area contributed by atoms with Gasteiger partial charge in [0.15, 0.2) is 0 Å². The van der Waals surface area contributed by atoms with Gasteiger partial charge in [0.05, 0.1) is 13.0 Å². The summed E-state index contributed by atoms with van der Waals surface area (Å²) in [5.41, 5.74) is 8.09. The molecule has 0 aliphatic rings. The Bertz CT molecular complexity index is 1150. The number of nitrogens with one attached hydrogen (secondary N) is 1. The number of primary amides is 1. The van der Waals surface area contributed by atoms with Gasteiger partial charge in [-0.05, 0) is 34.6 Å². The Morgan fingerprint density at radius 2 is 1.80 bits per heavy atom. The summed E-state index contributed by atoms with van der Waals surface area (Å²) in [5, 5.41) is 12.8. The summed E-state index contributed by atoms with van der Waals surface area (Å²) in [4.78, 5) is 36.0.